The number of nitrogens with zero attached hydrogens (tertiary/aromatic N) is 2. The second-order valence-electron chi connectivity index (χ2n) is 8.79. The van der Waals surface area contributed by atoms with E-state index in [4.69, 9.17) is 4.74 Å². The summed E-state index contributed by atoms with van der Waals surface area (Å²) >= 11 is 0. The minimum atomic E-state index is -0.565. The van der Waals surface area contributed by atoms with E-state index in [2.05, 4.69) is 17.1 Å². The first-order valence-electron chi connectivity index (χ1n) is 10.9. The predicted molar refractivity (Wildman–Crippen MR) is 122 cm³/mol. The molecule has 0 radical (unpaired) electrons. The van der Waals surface area contributed by atoms with Crippen molar-refractivity contribution in [1.82, 2.24) is 9.88 Å². The van der Waals surface area contributed by atoms with Crippen LogP contribution in [0.3, 0.4) is 0 Å². The van der Waals surface area contributed by atoms with Crippen molar-refractivity contribution >= 4 is 16.8 Å². The number of fused-ring (bicyclic) bond motifs is 1. The van der Waals surface area contributed by atoms with Crippen LogP contribution in [0.15, 0.2) is 54.6 Å². The Morgan fingerprint density at radius 2 is 1.94 bits per heavy atom. The number of hydrogen-bond donors (Lipinski definition) is 1. The maximum absolute atomic E-state index is 13.1. The average molecular weight is 419 g/mol. The molecule has 1 aliphatic rings. The molecular weight excluding hydrogens is 388 g/mol. The highest BCUT2D eigenvalue weighted by molar-refractivity contribution is 5.88. The molecule has 1 saturated heterocycles. The second-order valence-corrected chi connectivity index (χ2v) is 8.79. The molecule has 162 valence electrons. The molecule has 1 aromatic heterocycles. The van der Waals surface area contributed by atoms with Crippen LogP contribution in [0.5, 0.6) is 5.75 Å². The summed E-state index contributed by atoms with van der Waals surface area (Å²) < 4.78 is 6.07. The van der Waals surface area contributed by atoms with Crippen LogP contribution in [0.4, 0.5) is 0 Å². The Hall–Kier alpha value is -2.92. The van der Waals surface area contributed by atoms with Gasteiger partial charge in [-0.25, -0.2) is 0 Å². The number of aliphatic hydroxyl groups is 1. The Balaban J connectivity index is 1.49. The van der Waals surface area contributed by atoms with Gasteiger partial charge in [0.25, 0.3) is 0 Å². The highest BCUT2D eigenvalue weighted by Gasteiger charge is 2.41. The third kappa shape index (κ3) is 4.42. The lowest BCUT2D eigenvalue weighted by Crippen LogP contribution is -2.51. The Morgan fingerprint density at radius 3 is 2.68 bits per heavy atom. The zero-order valence-electron chi connectivity index (χ0n) is 18.5. The van der Waals surface area contributed by atoms with E-state index in [9.17, 15) is 9.90 Å². The lowest BCUT2D eigenvalue weighted by atomic mass is 9.75. The van der Waals surface area contributed by atoms with Crippen LogP contribution in [0, 0.1) is 6.92 Å². The molecule has 2 heterocycles. The molecule has 1 fully saturated rings. The van der Waals surface area contributed by atoms with Crippen LogP contribution in [0.25, 0.3) is 10.9 Å². The number of pyridine rings is 1. The molecule has 2 atom stereocenters. The number of ether oxygens (including phenoxy) is 1. The number of aliphatic hydroxyl groups excluding tert-OH is 1. The van der Waals surface area contributed by atoms with Gasteiger partial charge < -0.3 is 14.7 Å². The van der Waals surface area contributed by atoms with Crippen LogP contribution in [0.1, 0.15) is 43.5 Å². The first-order chi connectivity index (χ1) is 14.9. The number of β-amino-alcohol motifs (C(OH)–C–C–N with tert-alkyl or cyclic N) is 1. The van der Waals surface area contributed by atoms with Gasteiger partial charge in [-0.3, -0.25) is 9.78 Å². The molecule has 0 spiro atoms. The summed E-state index contributed by atoms with van der Waals surface area (Å²) in [4.78, 5) is 19.5. The number of carbonyl (C=O) groups excluding carboxylic acids is 1. The molecule has 0 bridgehead atoms. The van der Waals surface area contributed by atoms with Gasteiger partial charge in [-0.05, 0) is 63.4 Å². The fraction of sp³-hybridized carbons (Fsp3) is 0.385. The molecule has 5 heteroatoms. The maximum atomic E-state index is 13.1. The van der Waals surface area contributed by atoms with Crippen LogP contribution in [-0.2, 0) is 16.8 Å². The average Bonchev–Trinajstić information content (AvgIpc) is 2.75. The van der Waals surface area contributed by atoms with Crippen LogP contribution < -0.4 is 4.74 Å². The molecule has 1 N–H and O–H groups in total. The Bertz CT molecular complexity index is 1080. The third-order valence-electron chi connectivity index (χ3n) is 6.16. The number of para-hydroxylation sites is 1. The first kappa shape index (κ1) is 21.3. The minimum absolute atomic E-state index is 0.0899. The van der Waals surface area contributed by atoms with Crippen molar-refractivity contribution in [2.45, 2.75) is 51.7 Å². The van der Waals surface area contributed by atoms with Crippen molar-refractivity contribution in [3.8, 4) is 5.75 Å². The standard InChI is InChI=1S/C26H30N2O3/c1-18-15-20(23-7-4-5-8-24(23)27-18)17-31-22-11-9-21(10-12-22)26(3)13-6-14-28(25(26)30)16-19(2)29/h4-5,7-12,15,19,29H,6,13-14,16-17H2,1-3H3. The SMILES string of the molecule is Cc1cc(COc2ccc(C3(C)CCCN(CC(C)O)C3=O)cc2)c2ccccc2n1. The quantitative estimate of drug-likeness (QED) is 0.645. The summed E-state index contributed by atoms with van der Waals surface area (Å²) in [5.41, 5.74) is 3.48. The third-order valence-corrected chi connectivity index (χ3v) is 6.16. The van der Waals surface area contributed by atoms with Gasteiger partial charge in [-0.15, -0.1) is 0 Å². The van der Waals surface area contributed by atoms with Crippen molar-refractivity contribution in [2.24, 2.45) is 0 Å². The van der Waals surface area contributed by atoms with Gasteiger partial charge in [0.1, 0.15) is 12.4 Å². The van der Waals surface area contributed by atoms with E-state index < -0.39 is 11.5 Å². The summed E-state index contributed by atoms with van der Waals surface area (Å²) in [5, 5.41) is 10.8. The monoisotopic (exact) mass is 418 g/mol. The molecule has 31 heavy (non-hydrogen) atoms. The molecule has 3 aromatic rings. The number of rotatable bonds is 6. The second kappa shape index (κ2) is 8.67. The molecule has 0 saturated carbocycles. The molecule has 5 nitrogen and oxygen atoms in total. The van der Waals surface area contributed by atoms with Crippen molar-refractivity contribution in [2.75, 3.05) is 13.1 Å². The van der Waals surface area contributed by atoms with Crippen LogP contribution >= 0.6 is 0 Å². The lowest BCUT2D eigenvalue weighted by molar-refractivity contribution is -0.141. The molecule has 2 aromatic carbocycles. The Labute approximate surface area is 183 Å². The van der Waals surface area contributed by atoms with E-state index in [0.29, 0.717) is 19.7 Å². The normalized spacial score (nSPS) is 20.1. The van der Waals surface area contributed by atoms with Gasteiger partial charge >= 0.3 is 0 Å². The van der Waals surface area contributed by atoms with Crippen LogP contribution in [-0.4, -0.2) is 40.1 Å². The van der Waals surface area contributed by atoms with E-state index in [1.807, 2.05) is 56.3 Å². The highest BCUT2D eigenvalue weighted by Crippen LogP contribution is 2.36. The predicted octanol–water partition coefficient (Wildman–Crippen LogP) is 4.38. The number of aryl methyl sites for hydroxylation is 1. The summed E-state index contributed by atoms with van der Waals surface area (Å²) in [7, 11) is 0. The number of aromatic nitrogens is 1. The number of piperidine rings is 1. The molecule has 1 amide bonds. The molecule has 4 rings (SSSR count). The highest BCUT2D eigenvalue weighted by atomic mass is 16.5. The van der Waals surface area contributed by atoms with Crippen LogP contribution in [0.2, 0.25) is 0 Å². The van der Waals surface area contributed by atoms with Crippen molar-refractivity contribution < 1.29 is 14.6 Å². The van der Waals surface area contributed by atoms with E-state index in [-0.39, 0.29) is 5.91 Å². The van der Waals surface area contributed by atoms with Gasteiger partial charge in [0, 0.05) is 29.7 Å². The summed E-state index contributed by atoms with van der Waals surface area (Å²) in [6, 6.07) is 18.0. The van der Waals surface area contributed by atoms with Gasteiger partial charge in [-0.1, -0.05) is 30.3 Å². The molecule has 0 aliphatic carbocycles. The maximum Gasteiger partial charge on any atom is 0.233 e. The number of amides is 1. The number of likely N-dealkylation sites (tertiary alicyclic amines) is 1. The van der Waals surface area contributed by atoms with E-state index in [0.717, 1.165) is 46.3 Å². The molecular formula is C26H30N2O3. The largest absolute Gasteiger partial charge is 0.489 e. The smallest absolute Gasteiger partial charge is 0.233 e. The van der Waals surface area contributed by atoms with E-state index in [1.165, 1.54) is 0 Å². The van der Waals surface area contributed by atoms with Gasteiger partial charge in [0.05, 0.1) is 17.0 Å². The van der Waals surface area contributed by atoms with Crippen molar-refractivity contribution in [1.29, 1.82) is 0 Å². The Morgan fingerprint density at radius 1 is 1.19 bits per heavy atom. The van der Waals surface area contributed by atoms with Crippen molar-refractivity contribution in [3.05, 3.63) is 71.4 Å². The number of carbonyl (C=O) groups is 1. The van der Waals surface area contributed by atoms with Gasteiger partial charge in [0.15, 0.2) is 0 Å². The van der Waals surface area contributed by atoms with Gasteiger partial charge in [-0.2, -0.15) is 0 Å². The van der Waals surface area contributed by atoms with Gasteiger partial charge in [0.2, 0.25) is 5.91 Å². The number of benzene rings is 2. The minimum Gasteiger partial charge on any atom is -0.489 e. The lowest BCUT2D eigenvalue weighted by Gasteiger charge is -2.40. The topological polar surface area (TPSA) is 62.7 Å². The van der Waals surface area contributed by atoms with E-state index >= 15 is 0 Å². The zero-order chi connectivity index (χ0) is 22.0. The fourth-order valence-electron chi connectivity index (χ4n) is 4.54. The van der Waals surface area contributed by atoms with E-state index in [1.54, 1.807) is 11.8 Å². The fourth-order valence-corrected chi connectivity index (χ4v) is 4.54. The summed E-state index contributed by atoms with van der Waals surface area (Å²) in [6.07, 6.45) is 1.22. The summed E-state index contributed by atoms with van der Waals surface area (Å²) in [5.74, 6) is 0.863. The molecule has 2 unspecified atom stereocenters. The van der Waals surface area contributed by atoms with Crippen molar-refractivity contribution in [3.63, 3.8) is 0 Å². The zero-order valence-corrected chi connectivity index (χ0v) is 18.5. The first-order valence-corrected chi connectivity index (χ1v) is 10.9. The summed E-state index contributed by atoms with van der Waals surface area (Å²) in [6.45, 7) is 7.27. The number of hydrogen-bond acceptors (Lipinski definition) is 4. The molecule has 1 aliphatic heterocycles. The Kier molecular flexibility index (Phi) is 5.96.